The number of alkyl halides is 3. The average molecular weight is 244 g/mol. The summed E-state index contributed by atoms with van der Waals surface area (Å²) < 4.78 is 36.5. The lowest BCUT2D eigenvalue weighted by Crippen LogP contribution is -2.25. The van der Waals surface area contributed by atoms with E-state index in [-0.39, 0.29) is 6.54 Å². The van der Waals surface area contributed by atoms with E-state index in [1.807, 2.05) is 0 Å². The second-order valence-corrected chi connectivity index (χ2v) is 3.17. The molecular formula is C7H9ClF3N3O. The monoisotopic (exact) mass is 243 g/mol. The van der Waals surface area contributed by atoms with Crippen LogP contribution in [0.5, 0.6) is 0 Å². The fourth-order valence-corrected chi connectivity index (χ4v) is 0.983. The fraction of sp³-hybridized carbons (Fsp3) is 0.571. The summed E-state index contributed by atoms with van der Waals surface area (Å²) in [6, 6.07) is 0. The zero-order chi connectivity index (χ0) is 11.5. The molecule has 0 bridgehead atoms. The molecule has 0 spiro atoms. The maximum Gasteiger partial charge on any atom is 0.413 e. The first-order valence-corrected chi connectivity index (χ1v) is 4.35. The molecule has 0 saturated heterocycles. The Morgan fingerprint density at radius 3 is 2.73 bits per heavy atom. The number of hydroxylamine groups is 1. The normalized spacial score (nSPS) is 12.1. The van der Waals surface area contributed by atoms with Crippen LogP contribution in [0.2, 0.25) is 5.15 Å². The van der Waals surface area contributed by atoms with Gasteiger partial charge >= 0.3 is 6.18 Å². The SMILES string of the molecule is Cn1c(Cl)cnc1CNOCC(F)(F)F. The molecule has 0 aliphatic rings. The van der Waals surface area contributed by atoms with E-state index in [2.05, 4.69) is 15.3 Å². The highest BCUT2D eigenvalue weighted by Gasteiger charge is 2.27. The van der Waals surface area contributed by atoms with Crippen LogP contribution in [-0.4, -0.2) is 22.3 Å². The summed E-state index contributed by atoms with van der Waals surface area (Å²) in [6.45, 7) is -1.29. The summed E-state index contributed by atoms with van der Waals surface area (Å²) in [5, 5.41) is 0.405. The first kappa shape index (κ1) is 12.3. The zero-order valence-corrected chi connectivity index (χ0v) is 8.56. The van der Waals surface area contributed by atoms with Gasteiger partial charge in [-0.05, 0) is 0 Å². The number of hydrogen-bond acceptors (Lipinski definition) is 3. The summed E-state index contributed by atoms with van der Waals surface area (Å²) >= 11 is 5.67. The molecule has 0 aliphatic carbocycles. The topological polar surface area (TPSA) is 39.1 Å². The molecule has 4 nitrogen and oxygen atoms in total. The van der Waals surface area contributed by atoms with Crippen molar-refractivity contribution in [3.8, 4) is 0 Å². The second kappa shape index (κ2) is 4.82. The van der Waals surface area contributed by atoms with E-state index in [9.17, 15) is 13.2 Å². The van der Waals surface area contributed by atoms with Crippen molar-refractivity contribution in [3.05, 3.63) is 17.2 Å². The molecule has 1 N–H and O–H groups in total. The lowest BCUT2D eigenvalue weighted by atomic mass is 10.6. The van der Waals surface area contributed by atoms with Crippen LogP contribution < -0.4 is 5.48 Å². The minimum Gasteiger partial charge on any atom is -0.321 e. The van der Waals surface area contributed by atoms with E-state index in [4.69, 9.17) is 11.6 Å². The van der Waals surface area contributed by atoms with Crippen LogP contribution in [-0.2, 0) is 18.4 Å². The Morgan fingerprint density at radius 1 is 1.60 bits per heavy atom. The van der Waals surface area contributed by atoms with Crippen molar-refractivity contribution in [2.75, 3.05) is 6.61 Å². The van der Waals surface area contributed by atoms with Crippen molar-refractivity contribution in [3.63, 3.8) is 0 Å². The predicted molar refractivity (Wildman–Crippen MR) is 47.1 cm³/mol. The Balaban J connectivity index is 2.30. The van der Waals surface area contributed by atoms with E-state index < -0.39 is 12.8 Å². The average Bonchev–Trinajstić information content (AvgIpc) is 2.42. The molecule has 0 aliphatic heterocycles. The lowest BCUT2D eigenvalue weighted by molar-refractivity contribution is -0.190. The van der Waals surface area contributed by atoms with Crippen LogP contribution in [0.15, 0.2) is 6.20 Å². The summed E-state index contributed by atoms with van der Waals surface area (Å²) in [7, 11) is 1.65. The molecule has 86 valence electrons. The smallest absolute Gasteiger partial charge is 0.321 e. The van der Waals surface area contributed by atoms with Crippen molar-refractivity contribution in [2.45, 2.75) is 12.7 Å². The first-order chi connectivity index (χ1) is 6.90. The van der Waals surface area contributed by atoms with Crippen LogP contribution in [0.3, 0.4) is 0 Å². The van der Waals surface area contributed by atoms with Gasteiger partial charge in [0, 0.05) is 7.05 Å². The van der Waals surface area contributed by atoms with E-state index >= 15 is 0 Å². The van der Waals surface area contributed by atoms with E-state index in [1.165, 1.54) is 10.8 Å². The van der Waals surface area contributed by atoms with Crippen LogP contribution in [0.25, 0.3) is 0 Å². The number of imidazole rings is 1. The number of nitrogens with zero attached hydrogens (tertiary/aromatic N) is 2. The summed E-state index contributed by atoms with van der Waals surface area (Å²) in [4.78, 5) is 8.05. The van der Waals surface area contributed by atoms with Crippen molar-refractivity contribution in [1.82, 2.24) is 15.0 Å². The molecule has 0 atom stereocenters. The molecule has 0 aromatic carbocycles. The molecule has 0 saturated carbocycles. The van der Waals surface area contributed by atoms with Gasteiger partial charge in [-0.15, -0.1) is 0 Å². The van der Waals surface area contributed by atoms with Gasteiger partial charge in [-0.3, -0.25) is 4.84 Å². The highest BCUT2D eigenvalue weighted by molar-refractivity contribution is 6.29. The summed E-state index contributed by atoms with van der Waals surface area (Å²) in [6.07, 6.45) is -2.94. The van der Waals surface area contributed by atoms with Gasteiger partial charge in [-0.2, -0.15) is 18.7 Å². The predicted octanol–water partition coefficient (Wildman–Crippen LogP) is 1.66. The summed E-state index contributed by atoms with van der Waals surface area (Å²) in [5.74, 6) is 0.488. The van der Waals surface area contributed by atoms with Gasteiger partial charge in [0.2, 0.25) is 0 Å². The van der Waals surface area contributed by atoms with Gasteiger partial charge in [0.25, 0.3) is 0 Å². The lowest BCUT2D eigenvalue weighted by Gasteiger charge is -2.08. The maximum atomic E-state index is 11.7. The van der Waals surface area contributed by atoms with Crippen LogP contribution in [0.1, 0.15) is 5.82 Å². The highest BCUT2D eigenvalue weighted by Crippen LogP contribution is 2.14. The Morgan fingerprint density at radius 2 is 2.27 bits per heavy atom. The third kappa shape index (κ3) is 4.06. The number of nitrogens with one attached hydrogen (secondary N) is 1. The number of rotatable bonds is 4. The number of aromatic nitrogens is 2. The molecule has 15 heavy (non-hydrogen) atoms. The minimum atomic E-state index is -4.34. The largest absolute Gasteiger partial charge is 0.413 e. The Bertz CT molecular complexity index is 326. The molecule has 0 radical (unpaired) electrons. The van der Waals surface area contributed by atoms with E-state index in [1.54, 1.807) is 7.05 Å². The molecule has 8 heteroatoms. The summed E-state index contributed by atoms with van der Waals surface area (Å²) in [5.41, 5.74) is 2.15. The van der Waals surface area contributed by atoms with Crippen molar-refractivity contribution in [1.29, 1.82) is 0 Å². The molecule has 0 amide bonds. The molecule has 1 aromatic heterocycles. The van der Waals surface area contributed by atoms with E-state index in [0.29, 0.717) is 11.0 Å². The Labute approximate surface area is 88.9 Å². The van der Waals surface area contributed by atoms with Crippen LogP contribution in [0.4, 0.5) is 13.2 Å². The van der Waals surface area contributed by atoms with Gasteiger partial charge in [-0.1, -0.05) is 11.6 Å². The van der Waals surface area contributed by atoms with Crippen molar-refractivity contribution >= 4 is 11.6 Å². The maximum absolute atomic E-state index is 11.7. The van der Waals surface area contributed by atoms with Gasteiger partial charge in [0.15, 0.2) is 6.61 Å². The molecule has 1 rings (SSSR count). The zero-order valence-electron chi connectivity index (χ0n) is 7.81. The molecule has 0 unspecified atom stereocenters. The number of hydrogen-bond donors (Lipinski definition) is 1. The molecular weight excluding hydrogens is 235 g/mol. The van der Waals surface area contributed by atoms with E-state index in [0.717, 1.165) is 0 Å². The van der Waals surface area contributed by atoms with Crippen LogP contribution in [0, 0.1) is 0 Å². The van der Waals surface area contributed by atoms with Gasteiger partial charge < -0.3 is 4.57 Å². The van der Waals surface area contributed by atoms with Crippen molar-refractivity contribution < 1.29 is 18.0 Å². The molecule has 1 aromatic rings. The highest BCUT2D eigenvalue weighted by atomic mass is 35.5. The fourth-order valence-electron chi connectivity index (χ4n) is 0.837. The van der Waals surface area contributed by atoms with Gasteiger partial charge in [0.1, 0.15) is 11.0 Å². The Kier molecular flexibility index (Phi) is 3.95. The molecule has 1 heterocycles. The Hall–Kier alpha value is -0.790. The standard InChI is InChI=1S/C7H9ClF3N3O/c1-14-5(8)2-12-6(14)3-13-15-4-7(9,10)11/h2,13H,3-4H2,1H3. The van der Waals surface area contributed by atoms with Gasteiger partial charge in [0.05, 0.1) is 12.7 Å². The van der Waals surface area contributed by atoms with Crippen LogP contribution >= 0.6 is 11.6 Å². The second-order valence-electron chi connectivity index (χ2n) is 2.78. The third-order valence-electron chi connectivity index (χ3n) is 1.60. The number of halogens is 4. The minimum absolute atomic E-state index is 0.0549. The van der Waals surface area contributed by atoms with Crippen molar-refractivity contribution in [2.24, 2.45) is 7.05 Å². The third-order valence-corrected chi connectivity index (χ3v) is 1.95. The molecule has 0 fully saturated rings. The van der Waals surface area contributed by atoms with Gasteiger partial charge in [-0.25, -0.2) is 4.98 Å². The first-order valence-electron chi connectivity index (χ1n) is 3.97. The quantitative estimate of drug-likeness (QED) is 0.646.